The van der Waals surface area contributed by atoms with Crippen molar-refractivity contribution < 1.29 is 9.90 Å². The average molecular weight is 208 g/mol. The molecule has 0 fully saturated rings. The van der Waals surface area contributed by atoms with Crippen molar-refractivity contribution in [3.63, 3.8) is 0 Å². The van der Waals surface area contributed by atoms with Crippen LogP contribution >= 0.6 is 0 Å². The normalized spacial score (nSPS) is 12.1. The minimum atomic E-state index is -0.498. The van der Waals surface area contributed by atoms with Gasteiger partial charge in [0.25, 0.3) is 0 Å². The van der Waals surface area contributed by atoms with Gasteiger partial charge in [-0.3, -0.25) is 4.79 Å². The molecule has 0 aliphatic carbocycles. The highest BCUT2D eigenvalue weighted by atomic mass is 16.3. The maximum atomic E-state index is 11.3. The molecule has 15 heavy (non-hydrogen) atoms. The van der Waals surface area contributed by atoms with Gasteiger partial charge in [0.05, 0.1) is 6.10 Å². The average Bonchev–Trinajstić information content (AvgIpc) is 2.63. The standard InChI is InChI=1S/C11H16N2O2/c1-3-5-12-11(15)8-13-6-4-10(7-13)9(2)14/h3-4,6-7,9,14H,1,5,8H2,2H3,(H,12,15). The van der Waals surface area contributed by atoms with Crippen molar-refractivity contribution in [2.45, 2.75) is 19.6 Å². The lowest BCUT2D eigenvalue weighted by atomic mass is 10.2. The van der Waals surface area contributed by atoms with Gasteiger partial charge in [-0.1, -0.05) is 6.08 Å². The summed E-state index contributed by atoms with van der Waals surface area (Å²) in [5.74, 6) is -0.0670. The lowest BCUT2D eigenvalue weighted by Crippen LogP contribution is -2.27. The molecule has 0 aromatic carbocycles. The van der Waals surface area contributed by atoms with Crippen LogP contribution in [0.5, 0.6) is 0 Å². The summed E-state index contributed by atoms with van der Waals surface area (Å²) in [6.45, 7) is 5.94. The molecular weight excluding hydrogens is 192 g/mol. The summed E-state index contributed by atoms with van der Waals surface area (Å²) in [6.07, 6.45) is 4.67. The minimum Gasteiger partial charge on any atom is -0.389 e. The number of aliphatic hydroxyl groups is 1. The van der Waals surface area contributed by atoms with E-state index in [4.69, 9.17) is 0 Å². The van der Waals surface area contributed by atoms with Crippen LogP contribution in [0, 0.1) is 0 Å². The van der Waals surface area contributed by atoms with E-state index >= 15 is 0 Å². The number of nitrogens with zero attached hydrogens (tertiary/aromatic N) is 1. The number of nitrogens with one attached hydrogen (secondary N) is 1. The first-order chi connectivity index (χ1) is 7.13. The van der Waals surface area contributed by atoms with Gasteiger partial charge in [0.15, 0.2) is 0 Å². The van der Waals surface area contributed by atoms with Gasteiger partial charge in [0.2, 0.25) is 5.91 Å². The van der Waals surface area contributed by atoms with Crippen molar-refractivity contribution in [3.8, 4) is 0 Å². The van der Waals surface area contributed by atoms with Gasteiger partial charge < -0.3 is 15.0 Å². The number of hydrogen-bond acceptors (Lipinski definition) is 2. The van der Waals surface area contributed by atoms with E-state index in [0.717, 1.165) is 5.56 Å². The van der Waals surface area contributed by atoms with E-state index in [9.17, 15) is 9.90 Å². The molecule has 1 rings (SSSR count). The van der Waals surface area contributed by atoms with Gasteiger partial charge in [-0.05, 0) is 18.6 Å². The largest absolute Gasteiger partial charge is 0.389 e. The third-order valence-corrected chi connectivity index (χ3v) is 2.03. The Bertz CT molecular complexity index is 342. The molecule has 82 valence electrons. The van der Waals surface area contributed by atoms with Gasteiger partial charge in [-0.25, -0.2) is 0 Å². The number of amides is 1. The van der Waals surface area contributed by atoms with Crippen LogP contribution in [0.4, 0.5) is 0 Å². The maximum absolute atomic E-state index is 11.3. The summed E-state index contributed by atoms with van der Waals surface area (Å²) in [6, 6.07) is 1.80. The zero-order chi connectivity index (χ0) is 11.3. The van der Waals surface area contributed by atoms with Gasteiger partial charge in [0.1, 0.15) is 6.54 Å². The molecule has 0 aliphatic heterocycles. The number of carbonyl (C=O) groups is 1. The van der Waals surface area contributed by atoms with Crippen LogP contribution in [-0.4, -0.2) is 22.1 Å². The summed E-state index contributed by atoms with van der Waals surface area (Å²) < 4.78 is 1.74. The van der Waals surface area contributed by atoms with Gasteiger partial charge >= 0.3 is 0 Å². The van der Waals surface area contributed by atoms with Gasteiger partial charge in [0, 0.05) is 18.9 Å². The lowest BCUT2D eigenvalue weighted by Gasteiger charge is -2.03. The molecule has 4 nitrogen and oxygen atoms in total. The minimum absolute atomic E-state index is 0.0670. The smallest absolute Gasteiger partial charge is 0.240 e. The number of aromatic nitrogens is 1. The Labute approximate surface area is 89.2 Å². The molecule has 1 heterocycles. The third kappa shape index (κ3) is 3.59. The maximum Gasteiger partial charge on any atom is 0.240 e. The monoisotopic (exact) mass is 208 g/mol. The van der Waals surface area contributed by atoms with Gasteiger partial charge in [-0.15, -0.1) is 6.58 Å². The van der Waals surface area contributed by atoms with Crippen LogP contribution in [0.1, 0.15) is 18.6 Å². The molecule has 1 unspecified atom stereocenters. The lowest BCUT2D eigenvalue weighted by molar-refractivity contribution is -0.121. The highest BCUT2D eigenvalue weighted by molar-refractivity contribution is 5.75. The van der Waals surface area contributed by atoms with Crippen molar-refractivity contribution in [2.24, 2.45) is 0 Å². The highest BCUT2D eigenvalue weighted by Gasteiger charge is 2.05. The Hall–Kier alpha value is -1.55. The molecule has 0 aliphatic rings. The molecule has 2 N–H and O–H groups in total. The third-order valence-electron chi connectivity index (χ3n) is 2.03. The first-order valence-electron chi connectivity index (χ1n) is 4.85. The van der Waals surface area contributed by atoms with E-state index in [2.05, 4.69) is 11.9 Å². The number of aliphatic hydroxyl groups excluding tert-OH is 1. The Kier molecular flexibility index (Phi) is 4.12. The predicted octanol–water partition coefficient (Wildman–Crippen LogP) is 0.844. The number of carbonyl (C=O) groups excluding carboxylic acids is 1. The van der Waals surface area contributed by atoms with E-state index < -0.39 is 6.10 Å². The molecule has 0 saturated heterocycles. The van der Waals surface area contributed by atoms with Crippen LogP contribution in [0.3, 0.4) is 0 Å². The second-order valence-electron chi connectivity index (χ2n) is 3.39. The van der Waals surface area contributed by atoms with Crippen molar-refractivity contribution in [1.29, 1.82) is 0 Å². The molecule has 1 aromatic heterocycles. The first-order valence-corrected chi connectivity index (χ1v) is 4.85. The molecule has 1 atom stereocenters. The Morgan fingerprint density at radius 2 is 2.53 bits per heavy atom. The van der Waals surface area contributed by atoms with E-state index in [0.29, 0.717) is 6.54 Å². The fraction of sp³-hybridized carbons (Fsp3) is 0.364. The molecule has 0 saturated carbocycles. The summed E-state index contributed by atoms with van der Waals surface area (Å²) in [4.78, 5) is 11.3. The zero-order valence-corrected chi connectivity index (χ0v) is 8.81. The molecule has 4 heteroatoms. The van der Waals surface area contributed by atoms with E-state index in [1.54, 1.807) is 36.0 Å². The van der Waals surface area contributed by atoms with Crippen molar-refractivity contribution >= 4 is 5.91 Å². The second kappa shape index (κ2) is 5.36. The van der Waals surface area contributed by atoms with Crippen molar-refractivity contribution in [3.05, 3.63) is 36.7 Å². The van der Waals surface area contributed by atoms with Crippen molar-refractivity contribution in [1.82, 2.24) is 9.88 Å². The topological polar surface area (TPSA) is 54.3 Å². The Morgan fingerprint density at radius 3 is 3.07 bits per heavy atom. The van der Waals surface area contributed by atoms with Crippen LogP contribution in [0.15, 0.2) is 31.1 Å². The summed E-state index contributed by atoms with van der Waals surface area (Å²) in [7, 11) is 0. The highest BCUT2D eigenvalue weighted by Crippen LogP contribution is 2.11. The summed E-state index contributed by atoms with van der Waals surface area (Å²) in [5.41, 5.74) is 0.812. The molecule has 0 radical (unpaired) electrons. The molecule has 1 amide bonds. The van der Waals surface area contributed by atoms with Crippen LogP contribution in [0.25, 0.3) is 0 Å². The molecule has 0 spiro atoms. The molecule has 1 aromatic rings. The Balaban J connectivity index is 2.49. The fourth-order valence-corrected chi connectivity index (χ4v) is 1.21. The Morgan fingerprint density at radius 1 is 1.80 bits per heavy atom. The summed E-state index contributed by atoms with van der Waals surface area (Å²) >= 11 is 0. The quantitative estimate of drug-likeness (QED) is 0.705. The molecule has 0 bridgehead atoms. The van der Waals surface area contributed by atoms with Crippen LogP contribution in [-0.2, 0) is 11.3 Å². The molecular formula is C11H16N2O2. The SMILES string of the molecule is C=CCNC(=O)Cn1ccc(C(C)O)c1. The predicted molar refractivity (Wildman–Crippen MR) is 58.3 cm³/mol. The van der Waals surface area contributed by atoms with Crippen LogP contribution in [0.2, 0.25) is 0 Å². The number of hydrogen-bond donors (Lipinski definition) is 2. The zero-order valence-electron chi connectivity index (χ0n) is 8.81. The van der Waals surface area contributed by atoms with E-state index in [1.807, 2.05) is 0 Å². The fourth-order valence-electron chi connectivity index (χ4n) is 1.21. The van der Waals surface area contributed by atoms with Gasteiger partial charge in [-0.2, -0.15) is 0 Å². The second-order valence-corrected chi connectivity index (χ2v) is 3.39. The number of rotatable bonds is 5. The first kappa shape index (κ1) is 11.5. The van der Waals surface area contributed by atoms with E-state index in [1.165, 1.54) is 0 Å². The van der Waals surface area contributed by atoms with E-state index in [-0.39, 0.29) is 12.5 Å². The summed E-state index contributed by atoms with van der Waals surface area (Å²) in [5, 5.41) is 12.0. The van der Waals surface area contributed by atoms with Crippen molar-refractivity contribution in [2.75, 3.05) is 6.54 Å². The van der Waals surface area contributed by atoms with Crippen LogP contribution < -0.4 is 5.32 Å².